The molecule has 7 heteroatoms. The average Bonchev–Trinajstić information content (AvgIpc) is 3.22. The van der Waals surface area contributed by atoms with Crippen molar-refractivity contribution in [2.45, 2.75) is 19.8 Å². The molecule has 1 atom stereocenters. The smallest absolute Gasteiger partial charge is 0.225 e. The summed E-state index contributed by atoms with van der Waals surface area (Å²) >= 11 is 1.59. The highest BCUT2D eigenvalue weighted by Gasteiger charge is 2.33. The minimum absolute atomic E-state index is 0.0381. The largest absolute Gasteiger partial charge is 0.355 e. The van der Waals surface area contributed by atoms with Gasteiger partial charge in [0.25, 0.3) is 0 Å². The van der Waals surface area contributed by atoms with E-state index in [4.69, 9.17) is 0 Å². The van der Waals surface area contributed by atoms with Crippen molar-refractivity contribution in [2.75, 3.05) is 19.6 Å². The van der Waals surface area contributed by atoms with Gasteiger partial charge in [-0.1, -0.05) is 0 Å². The Kier molecular flexibility index (Phi) is 5.20. The van der Waals surface area contributed by atoms with Crippen LogP contribution in [0.25, 0.3) is 10.6 Å². The Morgan fingerprint density at radius 1 is 1.42 bits per heavy atom. The second-order valence-corrected chi connectivity index (χ2v) is 6.61. The van der Waals surface area contributed by atoms with E-state index in [2.05, 4.69) is 15.3 Å². The zero-order valence-electron chi connectivity index (χ0n) is 13.6. The van der Waals surface area contributed by atoms with Crippen molar-refractivity contribution < 1.29 is 9.59 Å². The Hall–Kier alpha value is -2.28. The summed E-state index contributed by atoms with van der Waals surface area (Å²) in [7, 11) is 0. The van der Waals surface area contributed by atoms with E-state index in [-0.39, 0.29) is 17.7 Å². The van der Waals surface area contributed by atoms with Crippen LogP contribution >= 0.6 is 11.3 Å². The zero-order valence-corrected chi connectivity index (χ0v) is 14.4. The van der Waals surface area contributed by atoms with Crippen LogP contribution in [0.1, 0.15) is 19.0 Å². The van der Waals surface area contributed by atoms with E-state index < -0.39 is 0 Å². The van der Waals surface area contributed by atoms with Crippen molar-refractivity contribution in [2.24, 2.45) is 5.92 Å². The van der Waals surface area contributed by atoms with Crippen molar-refractivity contribution >= 4 is 23.2 Å². The summed E-state index contributed by atoms with van der Waals surface area (Å²) in [6.45, 7) is 3.67. The number of hydrogen-bond acceptors (Lipinski definition) is 5. The lowest BCUT2D eigenvalue weighted by Crippen LogP contribution is -2.34. The van der Waals surface area contributed by atoms with Crippen LogP contribution in [0.15, 0.2) is 29.9 Å². The second-order valence-electron chi connectivity index (χ2n) is 5.75. The molecule has 1 fully saturated rings. The fourth-order valence-electron chi connectivity index (χ4n) is 2.76. The molecule has 24 heavy (non-hydrogen) atoms. The number of pyridine rings is 1. The number of likely N-dealkylation sites (tertiary alicyclic amines) is 1. The first-order valence-electron chi connectivity index (χ1n) is 8.07. The van der Waals surface area contributed by atoms with Crippen LogP contribution in [-0.4, -0.2) is 46.3 Å². The summed E-state index contributed by atoms with van der Waals surface area (Å²) in [4.78, 5) is 34.2. The van der Waals surface area contributed by atoms with Crippen molar-refractivity contribution in [1.82, 2.24) is 20.2 Å². The summed E-state index contributed by atoms with van der Waals surface area (Å²) in [5.41, 5.74) is 2.01. The molecule has 1 saturated heterocycles. The van der Waals surface area contributed by atoms with Gasteiger partial charge >= 0.3 is 0 Å². The molecule has 0 saturated carbocycles. The molecule has 3 heterocycles. The van der Waals surface area contributed by atoms with Crippen molar-refractivity contribution in [1.29, 1.82) is 0 Å². The lowest BCUT2D eigenvalue weighted by atomic mass is 10.1. The van der Waals surface area contributed by atoms with Crippen LogP contribution in [-0.2, 0) is 16.0 Å². The average molecular weight is 344 g/mol. The Morgan fingerprint density at radius 3 is 2.92 bits per heavy atom. The van der Waals surface area contributed by atoms with Gasteiger partial charge in [-0.25, -0.2) is 4.98 Å². The number of nitrogens with zero attached hydrogens (tertiary/aromatic N) is 3. The first kappa shape index (κ1) is 16.6. The van der Waals surface area contributed by atoms with Gasteiger partial charge in [0.15, 0.2) is 0 Å². The van der Waals surface area contributed by atoms with Gasteiger partial charge in [-0.05, 0) is 19.1 Å². The normalized spacial score (nSPS) is 17.3. The molecule has 0 bridgehead atoms. The van der Waals surface area contributed by atoms with Crippen LogP contribution in [0.5, 0.6) is 0 Å². The summed E-state index contributed by atoms with van der Waals surface area (Å²) in [5, 5.41) is 5.89. The fraction of sp³-hybridized carbons (Fsp3) is 0.412. The number of aromatic nitrogens is 2. The number of amides is 2. The molecule has 1 N–H and O–H groups in total. The van der Waals surface area contributed by atoms with Crippen molar-refractivity contribution in [3.8, 4) is 10.6 Å². The Balaban J connectivity index is 1.48. The van der Waals surface area contributed by atoms with Gasteiger partial charge in [0, 0.05) is 55.8 Å². The molecule has 2 aromatic rings. The third kappa shape index (κ3) is 3.79. The van der Waals surface area contributed by atoms with Gasteiger partial charge in [-0.2, -0.15) is 0 Å². The van der Waals surface area contributed by atoms with Gasteiger partial charge < -0.3 is 10.2 Å². The van der Waals surface area contributed by atoms with E-state index in [1.165, 1.54) is 0 Å². The fourth-order valence-corrected chi connectivity index (χ4v) is 3.62. The van der Waals surface area contributed by atoms with E-state index >= 15 is 0 Å². The van der Waals surface area contributed by atoms with Gasteiger partial charge in [0.05, 0.1) is 11.6 Å². The molecule has 0 aliphatic carbocycles. The quantitative estimate of drug-likeness (QED) is 0.866. The number of carbonyl (C=O) groups is 2. The maximum atomic E-state index is 12.2. The molecule has 1 aliphatic heterocycles. The maximum Gasteiger partial charge on any atom is 0.225 e. The van der Waals surface area contributed by atoms with Gasteiger partial charge in [-0.15, -0.1) is 11.3 Å². The summed E-state index contributed by atoms with van der Waals surface area (Å²) < 4.78 is 0. The van der Waals surface area contributed by atoms with Crippen LogP contribution < -0.4 is 5.32 Å². The third-order valence-corrected chi connectivity index (χ3v) is 5.07. The highest BCUT2D eigenvalue weighted by atomic mass is 32.1. The molecular weight excluding hydrogens is 324 g/mol. The lowest BCUT2D eigenvalue weighted by molar-refractivity contribution is -0.128. The maximum absolute atomic E-state index is 12.2. The van der Waals surface area contributed by atoms with Gasteiger partial charge in [0.2, 0.25) is 11.8 Å². The molecule has 2 aromatic heterocycles. The summed E-state index contributed by atoms with van der Waals surface area (Å²) in [6.07, 6.45) is 4.51. The Labute approximate surface area is 144 Å². The topological polar surface area (TPSA) is 75.2 Å². The van der Waals surface area contributed by atoms with Crippen LogP contribution in [0.3, 0.4) is 0 Å². The van der Waals surface area contributed by atoms with Gasteiger partial charge in [0.1, 0.15) is 5.01 Å². The number of carbonyl (C=O) groups excluding carboxylic acids is 2. The number of thiazole rings is 1. The first-order chi connectivity index (χ1) is 11.7. The van der Waals surface area contributed by atoms with Crippen molar-refractivity contribution in [3.63, 3.8) is 0 Å². The molecule has 0 aromatic carbocycles. The molecule has 3 rings (SSSR count). The van der Waals surface area contributed by atoms with E-state index in [1.807, 2.05) is 24.4 Å². The molecular formula is C17H20N4O2S. The Bertz CT molecular complexity index is 716. The van der Waals surface area contributed by atoms with Crippen LogP contribution in [0.4, 0.5) is 0 Å². The van der Waals surface area contributed by atoms with E-state index in [0.717, 1.165) is 16.3 Å². The predicted octanol–water partition coefficient (Wildman–Crippen LogP) is 1.73. The van der Waals surface area contributed by atoms with Gasteiger partial charge in [-0.3, -0.25) is 14.6 Å². The third-order valence-electron chi connectivity index (χ3n) is 4.13. The van der Waals surface area contributed by atoms with Crippen molar-refractivity contribution in [3.05, 3.63) is 35.6 Å². The van der Waals surface area contributed by atoms with Crippen LogP contribution in [0.2, 0.25) is 0 Å². The molecule has 0 spiro atoms. The molecule has 126 valence electrons. The Morgan fingerprint density at radius 2 is 2.21 bits per heavy atom. The minimum atomic E-state index is -0.222. The molecule has 0 radical (unpaired) electrons. The molecule has 1 unspecified atom stereocenters. The lowest BCUT2D eigenvalue weighted by Gasteiger charge is -2.13. The molecule has 6 nitrogen and oxygen atoms in total. The zero-order chi connectivity index (χ0) is 16.9. The number of rotatable bonds is 6. The second kappa shape index (κ2) is 7.53. The number of nitrogens with one attached hydrogen (secondary N) is 1. The van der Waals surface area contributed by atoms with E-state index in [9.17, 15) is 9.59 Å². The predicted molar refractivity (Wildman–Crippen MR) is 92.4 cm³/mol. The summed E-state index contributed by atoms with van der Waals surface area (Å²) in [6, 6.07) is 3.86. The van der Waals surface area contributed by atoms with E-state index in [0.29, 0.717) is 32.5 Å². The van der Waals surface area contributed by atoms with Crippen LogP contribution in [0, 0.1) is 5.92 Å². The number of hydrogen-bond donors (Lipinski definition) is 1. The highest BCUT2D eigenvalue weighted by molar-refractivity contribution is 7.13. The summed E-state index contributed by atoms with van der Waals surface area (Å²) in [5.74, 6) is -0.191. The standard InChI is InChI=1S/C17H20N4O2S/c1-2-21-10-13(9-15(21)22)16(23)19-8-5-14-11-24-17(20-14)12-3-6-18-7-4-12/h3-4,6-7,11,13H,2,5,8-10H2,1H3,(H,19,23). The van der Waals surface area contributed by atoms with E-state index in [1.54, 1.807) is 28.6 Å². The SMILES string of the molecule is CCN1CC(C(=O)NCCc2csc(-c3ccncc3)n2)CC1=O. The molecule has 1 aliphatic rings. The minimum Gasteiger partial charge on any atom is -0.355 e. The molecule has 2 amide bonds. The monoisotopic (exact) mass is 344 g/mol. The first-order valence-corrected chi connectivity index (χ1v) is 8.95. The highest BCUT2D eigenvalue weighted by Crippen LogP contribution is 2.23.